The van der Waals surface area contributed by atoms with Gasteiger partial charge in [-0.1, -0.05) is 6.92 Å². The molecule has 128 valence electrons. The lowest BCUT2D eigenvalue weighted by Crippen LogP contribution is -2.53. The Balaban J connectivity index is 1.71. The first-order valence-corrected chi connectivity index (χ1v) is 8.83. The molecule has 2 heterocycles. The molecule has 6 heteroatoms. The lowest BCUT2D eigenvalue weighted by molar-refractivity contribution is 0.00912. The van der Waals surface area contributed by atoms with E-state index in [1.54, 1.807) is 0 Å². The SMILES string of the molecule is CCc1[nH]nc(C(=O)N[C@H](C2CCNCC2)C2CC(O)C2)c1C. The summed E-state index contributed by atoms with van der Waals surface area (Å²) < 4.78 is 0. The average molecular weight is 320 g/mol. The number of H-pyrrole nitrogens is 1. The van der Waals surface area contributed by atoms with Gasteiger partial charge in [0.15, 0.2) is 5.69 Å². The molecule has 1 saturated carbocycles. The predicted molar refractivity (Wildman–Crippen MR) is 88.3 cm³/mol. The monoisotopic (exact) mass is 320 g/mol. The molecule has 3 rings (SSSR count). The van der Waals surface area contributed by atoms with Gasteiger partial charge in [0.2, 0.25) is 0 Å². The van der Waals surface area contributed by atoms with Gasteiger partial charge < -0.3 is 15.7 Å². The van der Waals surface area contributed by atoms with Crippen LogP contribution in [0.15, 0.2) is 0 Å². The van der Waals surface area contributed by atoms with Crippen LogP contribution in [0.25, 0.3) is 0 Å². The maximum atomic E-state index is 12.7. The molecule has 0 bridgehead atoms. The molecule has 4 N–H and O–H groups in total. The Morgan fingerprint density at radius 1 is 1.35 bits per heavy atom. The van der Waals surface area contributed by atoms with E-state index in [-0.39, 0.29) is 18.1 Å². The maximum absolute atomic E-state index is 12.7. The molecule has 1 aromatic heterocycles. The first kappa shape index (κ1) is 16.5. The number of hydrogen-bond donors (Lipinski definition) is 4. The van der Waals surface area contributed by atoms with E-state index < -0.39 is 0 Å². The molecule has 0 radical (unpaired) electrons. The fraction of sp³-hybridized carbons (Fsp3) is 0.765. The van der Waals surface area contributed by atoms with Crippen LogP contribution in [-0.2, 0) is 6.42 Å². The minimum atomic E-state index is -0.195. The van der Waals surface area contributed by atoms with Crippen molar-refractivity contribution in [1.82, 2.24) is 20.8 Å². The number of aryl methyl sites for hydroxylation is 1. The second-order valence-corrected chi connectivity index (χ2v) is 7.00. The lowest BCUT2D eigenvalue weighted by atomic mass is 9.71. The summed E-state index contributed by atoms with van der Waals surface area (Å²) in [5.41, 5.74) is 2.48. The smallest absolute Gasteiger partial charge is 0.272 e. The zero-order chi connectivity index (χ0) is 16.4. The zero-order valence-electron chi connectivity index (χ0n) is 14.1. The lowest BCUT2D eigenvalue weighted by Gasteiger charge is -2.43. The number of aromatic nitrogens is 2. The van der Waals surface area contributed by atoms with E-state index in [4.69, 9.17) is 0 Å². The molecular formula is C17H28N4O2. The topological polar surface area (TPSA) is 90.0 Å². The number of aromatic amines is 1. The van der Waals surface area contributed by atoms with Gasteiger partial charge in [-0.3, -0.25) is 9.89 Å². The van der Waals surface area contributed by atoms with Gasteiger partial charge >= 0.3 is 0 Å². The fourth-order valence-corrected chi connectivity index (χ4v) is 3.97. The number of piperidine rings is 1. The molecule has 0 spiro atoms. The van der Waals surface area contributed by atoms with Crippen molar-refractivity contribution in [3.63, 3.8) is 0 Å². The predicted octanol–water partition coefficient (Wildman–Crippen LogP) is 1.15. The fourth-order valence-electron chi connectivity index (χ4n) is 3.97. The number of amides is 1. The molecule has 2 fully saturated rings. The summed E-state index contributed by atoms with van der Waals surface area (Å²) in [7, 11) is 0. The van der Waals surface area contributed by atoms with E-state index >= 15 is 0 Å². The van der Waals surface area contributed by atoms with Crippen LogP contribution in [0.2, 0.25) is 0 Å². The van der Waals surface area contributed by atoms with Crippen molar-refractivity contribution in [1.29, 1.82) is 0 Å². The van der Waals surface area contributed by atoms with Gasteiger partial charge in [-0.2, -0.15) is 5.10 Å². The number of nitrogens with zero attached hydrogens (tertiary/aromatic N) is 1. The van der Waals surface area contributed by atoms with Crippen LogP contribution in [0, 0.1) is 18.8 Å². The van der Waals surface area contributed by atoms with Crippen LogP contribution in [0.4, 0.5) is 0 Å². The van der Waals surface area contributed by atoms with Crippen molar-refractivity contribution in [2.24, 2.45) is 11.8 Å². The van der Waals surface area contributed by atoms with Gasteiger partial charge in [-0.25, -0.2) is 0 Å². The summed E-state index contributed by atoms with van der Waals surface area (Å²) in [6.07, 6.45) is 4.41. The summed E-state index contributed by atoms with van der Waals surface area (Å²) in [5, 5.41) is 23.4. The molecule has 23 heavy (non-hydrogen) atoms. The Morgan fingerprint density at radius 2 is 2.04 bits per heavy atom. The molecule has 1 atom stereocenters. The molecule has 0 unspecified atom stereocenters. The first-order valence-electron chi connectivity index (χ1n) is 8.83. The van der Waals surface area contributed by atoms with E-state index in [0.717, 1.165) is 56.5 Å². The van der Waals surface area contributed by atoms with Crippen LogP contribution in [0.5, 0.6) is 0 Å². The Morgan fingerprint density at radius 3 is 2.61 bits per heavy atom. The van der Waals surface area contributed by atoms with Crippen LogP contribution < -0.4 is 10.6 Å². The zero-order valence-corrected chi connectivity index (χ0v) is 14.1. The first-order chi connectivity index (χ1) is 11.1. The molecular weight excluding hydrogens is 292 g/mol. The molecule has 1 amide bonds. The molecule has 1 aliphatic heterocycles. The van der Waals surface area contributed by atoms with E-state index in [1.165, 1.54) is 0 Å². The second kappa shape index (κ2) is 7.01. The molecule has 1 aromatic rings. The summed E-state index contributed by atoms with van der Waals surface area (Å²) >= 11 is 0. The number of carbonyl (C=O) groups excluding carboxylic acids is 1. The van der Waals surface area contributed by atoms with Crippen molar-refractivity contribution in [2.45, 2.75) is 58.1 Å². The third-order valence-corrected chi connectivity index (χ3v) is 5.53. The summed E-state index contributed by atoms with van der Waals surface area (Å²) in [6.45, 7) is 6.01. The second-order valence-electron chi connectivity index (χ2n) is 7.00. The molecule has 0 aromatic carbocycles. The quantitative estimate of drug-likeness (QED) is 0.655. The van der Waals surface area contributed by atoms with Crippen molar-refractivity contribution in [3.8, 4) is 0 Å². The third-order valence-electron chi connectivity index (χ3n) is 5.53. The number of aliphatic hydroxyl groups excluding tert-OH is 1. The van der Waals surface area contributed by atoms with E-state index in [2.05, 4.69) is 27.8 Å². The van der Waals surface area contributed by atoms with Crippen LogP contribution in [0.1, 0.15) is 54.4 Å². The summed E-state index contributed by atoms with van der Waals surface area (Å²) in [5.74, 6) is 0.799. The number of hydrogen-bond acceptors (Lipinski definition) is 4. The van der Waals surface area contributed by atoms with Crippen molar-refractivity contribution in [3.05, 3.63) is 17.0 Å². The van der Waals surface area contributed by atoms with Gasteiger partial charge in [0.25, 0.3) is 5.91 Å². The minimum Gasteiger partial charge on any atom is -0.393 e. The van der Waals surface area contributed by atoms with Crippen LogP contribution >= 0.6 is 0 Å². The van der Waals surface area contributed by atoms with Gasteiger partial charge in [-0.15, -0.1) is 0 Å². The highest BCUT2D eigenvalue weighted by molar-refractivity contribution is 5.94. The van der Waals surface area contributed by atoms with Gasteiger partial charge in [0.1, 0.15) is 0 Å². The average Bonchev–Trinajstić information content (AvgIpc) is 2.91. The highest BCUT2D eigenvalue weighted by Gasteiger charge is 2.39. The van der Waals surface area contributed by atoms with E-state index in [1.807, 2.05) is 6.92 Å². The highest BCUT2D eigenvalue weighted by Crippen LogP contribution is 2.36. The number of rotatable bonds is 5. The molecule has 2 aliphatic rings. The summed E-state index contributed by atoms with van der Waals surface area (Å²) in [4.78, 5) is 12.7. The largest absolute Gasteiger partial charge is 0.393 e. The number of carbonyl (C=O) groups is 1. The molecule has 1 aliphatic carbocycles. The van der Waals surface area contributed by atoms with E-state index in [0.29, 0.717) is 17.5 Å². The Bertz CT molecular complexity index is 545. The van der Waals surface area contributed by atoms with Gasteiger partial charge in [0.05, 0.1) is 6.10 Å². The standard InChI is InChI=1S/C17H28N4O2/c1-3-14-10(2)15(21-20-14)17(23)19-16(12-8-13(22)9-12)11-4-6-18-7-5-11/h11-13,16,18,22H,3-9H2,1-2H3,(H,19,23)(H,20,21)/t12?,13?,16-/m1/s1. The van der Waals surface area contributed by atoms with Crippen molar-refractivity contribution < 1.29 is 9.90 Å². The minimum absolute atomic E-state index is 0.0802. The maximum Gasteiger partial charge on any atom is 0.272 e. The van der Waals surface area contributed by atoms with Gasteiger partial charge in [-0.05, 0) is 64.0 Å². The van der Waals surface area contributed by atoms with Crippen molar-refractivity contribution >= 4 is 5.91 Å². The third kappa shape index (κ3) is 3.43. The number of nitrogens with one attached hydrogen (secondary N) is 3. The Kier molecular flexibility index (Phi) is 5.02. The Labute approximate surface area is 137 Å². The van der Waals surface area contributed by atoms with Crippen molar-refractivity contribution in [2.75, 3.05) is 13.1 Å². The van der Waals surface area contributed by atoms with Gasteiger partial charge in [0, 0.05) is 17.3 Å². The Hall–Kier alpha value is -1.40. The van der Waals surface area contributed by atoms with E-state index in [9.17, 15) is 9.90 Å². The summed E-state index contributed by atoms with van der Waals surface area (Å²) in [6, 6.07) is 0.147. The molecule has 6 nitrogen and oxygen atoms in total. The highest BCUT2D eigenvalue weighted by atomic mass is 16.3. The van der Waals surface area contributed by atoms with Crippen LogP contribution in [-0.4, -0.2) is 46.4 Å². The van der Waals surface area contributed by atoms with Crippen LogP contribution in [0.3, 0.4) is 0 Å². The number of aliphatic hydroxyl groups is 1. The molecule has 1 saturated heterocycles. The normalized spacial score (nSPS) is 26.6.